The number of carbonyl (C=O) groups excluding carboxylic acids is 1. The fourth-order valence-electron chi connectivity index (χ4n) is 1.57. The Hall–Kier alpha value is -0.940. The number of nitrogens with zero attached hydrogens (tertiary/aromatic N) is 1. The van der Waals surface area contributed by atoms with Crippen LogP contribution in [0.25, 0.3) is 0 Å². The molecule has 0 aliphatic heterocycles. The summed E-state index contributed by atoms with van der Waals surface area (Å²) in [5, 5.41) is 0. The zero-order valence-electron chi connectivity index (χ0n) is 9.39. The van der Waals surface area contributed by atoms with Crippen LogP contribution < -0.4 is 4.90 Å². The molecule has 2 nitrogen and oxygen atoms in total. The van der Waals surface area contributed by atoms with Gasteiger partial charge in [0.1, 0.15) is 11.9 Å². The molecule has 7 heteroatoms. The Balaban J connectivity index is 3.41. The number of hydrogen-bond acceptors (Lipinski definition) is 1. The molecule has 100 valence electrons. The van der Waals surface area contributed by atoms with E-state index in [1.165, 1.54) is 19.1 Å². The van der Waals surface area contributed by atoms with Gasteiger partial charge in [-0.05, 0) is 18.6 Å². The lowest BCUT2D eigenvalue weighted by Crippen LogP contribution is -2.33. The summed E-state index contributed by atoms with van der Waals surface area (Å²) in [6.07, 6.45) is -4.56. The average Bonchev–Trinajstić information content (AvgIpc) is 2.30. The monoisotopic (exact) mass is 299 g/mol. The van der Waals surface area contributed by atoms with Crippen molar-refractivity contribution < 1.29 is 18.0 Å². The number of alkyl halides is 5. The topological polar surface area (TPSA) is 20.3 Å². The molecule has 0 aromatic heterocycles. The third-order valence-corrected chi connectivity index (χ3v) is 2.82. The van der Waals surface area contributed by atoms with Crippen LogP contribution in [-0.2, 0) is 11.0 Å². The molecule has 0 bridgehead atoms. The van der Waals surface area contributed by atoms with Crippen LogP contribution in [0, 0.1) is 6.92 Å². The summed E-state index contributed by atoms with van der Waals surface area (Å²) in [5.74, 6) is -1.11. The van der Waals surface area contributed by atoms with Crippen molar-refractivity contribution in [2.45, 2.75) is 13.1 Å². The number of carbonyl (C=O) groups is 1. The Morgan fingerprint density at radius 2 is 1.94 bits per heavy atom. The molecule has 0 aliphatic rings. The molecule has 0 saturated heterocycles. The lowest BCUT2D eigenvalue weighted by molar-refractivity contribution is -0.137. The second-order valence-electron chi connectivity index (χ2n) is 3.54. The van der Waals surface area contributed by atoms with E-state index < -0.39 is 23.5 Å². The number of benzene rings is 1. The Bertz CT molecular complexity index is 448. The van der Waals surface area contributed by atoms with Gasteiger partial charge in [-0.15, -0.1) is 23.2 Å². The molecule has 18 heavy (non-hydrogen) atoms. The molecule has 1 amide bonds. The zero-order chi connectivity index (χ0) is 13.9. The fourth-order valence-corrected chi connectivity index (χ4v) is 1.97. The van der Waals surface area contributed by atoms with Crippen molar-refractivity contribution in [3.8, 4) is 0 Å². The molecule has 0 atom stereocenters. The molecule has 1 aromatic rings. The molecule has 0 fully saturated rings. The third-order valence-electron chi connectivity index (χ3n) is 2.35. The number of aryl methyl sites for hydroxylation is 1. The van der Waals surface area contributed by atoms with Gasteiger partial charge in [0.2, 0.25) is 5.91 Å². The van der Waals surface area contributed by atoms with E-state index in [2.05, 4.69) is 0 Å². The second kappa shape index (κ2) is 5.80. The van der Waals surface area contributed by atoms with E-state index in [0.717, 1.165) is 11.0 Å². The van der Waals surface area contributed by atoms with Crippen LogP contribution in [0.3, 0.4) is 0 Å². The van der Waals surface area contributed by atoms with Crippen molar-refractivity contribution in [3.63, 3.8) is 0 Å². The number of hydrogen-bond donors (Lipinski definition) is 0. The molecule has 0 spiro atoms. The second-order valence-corrected chi connectivity index (χ2v) is 4.05. The summed E-state index contributed by atoms with van der Waals surface area (Å²) >= 11 is 10.9. The molecular formula is C11H10Cl2F3NO. The van der Waals surface area contributed by atoms with Crippen LogP contribution in [0.1, 0.15) is 11.1 Å². The highest BCUT2D eigenvalue weighted by Gasteiger charge is 2.36. The highest BCUT2D eigenvalue weighted by Crippen LogP contribution is 2.38. The first-order valence-corrected chi connectivity index (χ1v) is 5.99. The lowest BCUT2D eigenvalue weighted by Gasteiger charge is -2.25. The maximum absolute atomic E-state index is 12.9. The summed E-state index contributed by atoms with van der Waals surface area (Å²) in [6.45, 7) is 1.48. The number of rotatable bonds is 3. The first kappa shape index (κ1) is 15.1. The van der Waals surface area contributed by atoms with Gasteiger partial charge in [-0.2, -0.15) is 13.2 Å². The average molecular weight is 300 g/mol. The minimum Gasteiger partial charge on any atom is -0.296 e. The van der Waals surface area contributed by atoms with E-state index in [-0.39, 0.29) is 11.7 Å². The summed E-state index contributed by atoms with van der Waals surface area (Å²) in [5.41, 5.74) is -0.837. The van der Waals surface area contributed by atoms with Crippen molar-refractivity contribution in [3.05, 3.63) is 29.3 Å². The van der Waals surface area contributed by atoms with Gasteiger partial charge >= 0.3 is 6.18 Å². The molecule has 0 saturated carbocycles. The normalized spacial score (nSPS) is 11.4. The van der Waals surface area contributed by atoms with Gasteiger partial charge in [0.25, 0.3) is 0 Å². The van der Waals surface area contributed by atoms with Crippen molar-refractivity contribution in [1.82, 2.24) is 0 Å². The summed E-state index contributed by atoms with van der Waals surface area (Å²) in [7, 11) is 0. The zero-order valence-corrected chi connectivity index (χ0v) is 10.9. The third kappa shape index (κ3) is 3.09. The van der Waals surface area contributed by atoms with Crippen molar-refractivity contribution in [1.29, 1.82) is 0 Å². The van der Waals surface area contributed by atoms with E-state index in [1.54, 1.807) is 0 Å². The van der Waals surface area contributed by atoms with Crippen LogP contribution >= 0.6 is 23.2 Å². The van der Waals surface area contributed by atoms with E-state index in [1.807, 2.05) is 0 Å². The van der Waals surface area contributed by atoms with Crippen molar-refractivity contribution >= 4 is 34.8 Å². The molecule has 1 rings (SSSR count). The van der Waals surface area contributed by atoms with Crippen LogP contribution in [0.2, 0.25) is 0 Å². The maximum Gasteiger partial charge on any atom is 0.418 e. The smallest absolute Gasteiger partial charge is 0.296 e. The van der Waals surface area contributed by atoms with Crippen LogP contribution in [-0.4, -0.2) is 17.8 Å². The maximum atomic E-state index is 12.9. The van der Waals surface area contributed by atoms with Crippen LogP contribution in [0.15, 0.2) is 18.2 Å². The van der Waals surface area contributed by atoms with Gasteiger partial charge in [-0.1, -0.05) is 12.1 Å². The number of anilines is 1. The Labute approximate surface area is 112 Å². The van der Waals surface area contributed by atoms with E-state index >= 15 is 0 Å². The van der Waals surface area contributed by atoms with Gasteiger partial charge < -0.3 is 0 Å². The van der Waals surface area contributed by atoms with E-state index in [0.29, 0.717) is 5.56 Å². The van der Waals surface area contributed by atoms with Crippen LogP contribution in [0.4, 0.5) is 18.9 Å². The molecule has 0 radical (unpaired) electrons. The number of halogens is 5. The summed E-state index contributed by atoms with van der Waals surface area (Å²) in [6, 6.07) is 3.27. The first-order chi connectivity index (χ1) is 8.32. The molecular weight excluding hydrogens is 290 g/mol. The lowest BCUT2D eigenvalue weighted by atomic mass is 10.1. The SMILES string of the molecule is Cc1cccc(C(F)(F)F)c1N(CCl)C(=O)CCl. The molecule has 0 unspecified atom stereocenters. The predicted molar refractivity (Wildman–Crippen MR) is 65.1 cm³/mol. The first-order valence-electron chi connectivity index (χ1n) is 4.92. The van der Waals surface area contributed by atoms with Gasteiger partial charge in [-0.25, -0.2) is 0 Å². The van der Waals surface area contributed by atoms with E-state index in [9.17, 15) is 18.0 Å². The largest absolute Gasteiger partial charge is 0.418 e. The summed E-state index contributed by atoms with van der Waals surface area (Å²) in [4.78, 5) is 12.3. The Kier molecular flexibility index (Phi) is 4.87. The minimum absolute atomic E-state index is 0.245. The van der Waals surface area contributed by atoms with Gasteiger partial charge in [0, 0.05) is 0 Å². The predicted octanol–water partition coefficient (Wildman–Crippen LogP) is 3.78. The van der Waals surface area contributed by atoms with Gasteiger partial charge in [0.15, 0.2) is 0 Å². The highest BCUT2D eigenvalue weighted by molar-refractivity contribution is 6.31. The number of amides is 1. The molecule has 0 N–H and O–H groups in total. The van der Waals surface area contributed by atoms with Crippen molar-refractivity contribution in [2.75, 3.05) is 16.8 Å². The molecule has 0 heterocycles. The van der Waals surface area contributed by atoms with Gasteiger partial charge in [-0.3, -0.25) is 9.69 Å². The number of para-hydroxylation sites is 1. The minimum atomic E-state index is -4.56. The van der Waals surface area contributed by atoms with E-state index in [4.69, 9.17) is 23.2 Å². The standard InChI is InChI=1S/C11H10Cl2F3NO/c1-7-3-2-4-8(11(14,15)16)10(7)17(6-13)9(18)5-12/h2-4H,5-6H2,1H3. The Morgan fingerprint density at radius 3 is 2.39 bits per heavy atom. The summed E-state index contributed by atoms with van der Waals surface area (Å²) < 4.78 is 38.6. The van der Waals surface area contributed by atoms with Gasteiger partial charge in [0.05, 0.1) is 11.3 Å². The fraction of sp³-hybridized carbons (Fsp3) is 0.364. The quantitative estimate of drug-likeness (QED) is 0.614. The molecule has 0 aliphatic carbocycles. The van der Waals surface area contributed by atoms with Crippen molar-refractivity contribution in [2.24, 2.45) is 0 Å². The van der Waals surface area contributed by atoms with Crippen LogP contribution in [0.5, 0.6) is 0 Å². The Morgan fingerprint density at radius 1 is 1.33 bits per heavy atom. The highest BCUT2D eigenvalue weighted by atomic mass is 35.5. The molecule has 1 aromatic carbocycles.